The number of halogens is 8. The van der Waals surface area contributed by atoms with Crippen molar-refractivity contribution >= 4 is 24.6 Å². The lowest BCUT2D eigenvalue weighted by atomic mass is 9.89. The van der Waals surface area contributed by atoms with E-state index in [0.29, 0.717) is 0 Å². The number of rotatable bonds is 5. The summed E-state index contributed by atoms with van der Waals surface area (Å²) in [4.78, 5) is 22.3. The molecule has 0 aliphatic carbocycles. The largest absolute Gasteiger partial charge is 0.438 e. The molecule has 0 saturated carbocycles. The van der Waals surface area contributed by atoms with Crippen LogP contribution in [0.4, 0.5) is 35.1 Å². The van der Waals surface area contributed by atoms with Gasteiger partial charge in [0.25, 0.3) is 0 Å². The van der Waals surface area contributed by atoms with Crippen LogP contribution in [0, 0.1) is 0 Å². The standard InChI is InChI=1S/C11H10F8O4S/c1-4(2)5(20)23-6(21)7(3,22)8(12,13)9(14,15)10(16,24)11(17,18)19/h22,24H,1H2,2-3H3. The van der Waals surface area contributed by atoms with Crippen LogP contribution in [0.25, 0.3) is 0 Å². The predicted molar refractivity (Wildman–Crippen MR) is 65.3 cm³/mol. The van der Waals surface area contributed by atoms with Crippen molar-refractivity contribution in [3.05, 3.63) is 12.2 Å². The van der Waals surface area contributed by atoms with Crippen molar-refractivity contribution < 1.29 is 54.6 Å². The lowest BCUT2D eigenvalue weighted by Crippen LogP contribution is -2.69. The molecule has 0 bridgehead atoms. The summed E-state index contributed by atoms with van der Waals surface area (Å²) in [7, 11) is 0. The number of aliphatic hydroxyl groups is 1. The second-order valence-electron chi connectivity index (χ2n) is 4.80. The molecular weight excluding hydrogens is 380 g/mol. The van der Waals surface area contributed by atoms with Crippen molar-refractivity contribution in [3.8, 4) is 0 Å². The Balaban J connectivity index is 5.98. The molecule has 2 atom stereocenters. The minimum atomic E-state index is -6.73. The first-order chi connectivity index (χ1) is 10.2. The first-order valence-electron chi connectivity index (χ1n) is 5.63. The predicted octanol–water partition coefficient (Wildman–Crippen LogP) is 2.81. The van der Waals surface area contributed by atoms with Gasteiger partial charge >= 0.3 is 35.0 Å². The third-order valence-electron chi connectivity index (χ3n) is 2.73. The van der Waals surface area contributed by atoms with Crippen LogP contribution in [-0.4, -0.2) is 45.7 Å². The maximum absolute atomic E-state index is 13.7. The summed E-state index contributed by atoms with van der Waals surface area (Å²) in [6, 6.07) is 0. The summed E-state index contributed by atoms with van der Waals surface area (Å²) in [5, 5.41) is 3.13. The van der Waals surface area contributed by atoms with Crippen LogP contribution in [0.2, 0.25) is 0 Å². The van der Waals surface area contributed by atoms with E-state index < -0.39 is 46.1 Å². The fraction of sp³-hybridized carbons (Fsp3) is 0.636. The van der Waals surface area contributed by atoms with Crippen molar-refractivity contribution in [2.24, 2.45) is 0 Å². The average molecular weight is 390 g/mol. The first-order valence-corrected chi connectivity index (χ1v) is 6.08. The van der Waals surface area contributed by atoms with Crippen molar-refractivity contribution in [2.75, 3.05) is 0 Å². The Morgan fingerprint density at radius 1 is 1.00 bits per heavy atom. The molecule has 0 aromatic heterocycles. The SMILES string of the molecule is C=C(C)C(=O)OC(=O)C(C)(O)C(F)(F)C(F)(F)C(F)(S)C(F)(F)F. The van der Waals surface area contributed by atoms with Crippen molar-refractivity contribution in [1.82, 2.24) is 0 Å². The molecule has 0 spiro atoms. The number of thiol groups is 1. The molecular formula is C11H10F8O4S. The molecule has 0 saturated heterocycles. The monoisotopic (exact) mass is 390 g/mol. The maximum atomic E-state index is 13.7. The van der Waals surface area contributed by atoms with Crippen LogP contribution in [-0.2, 0) is 14.3 Å². The van der Waals surface area contributed by atoms with E-state index in [9.17, 15) is 49.8 Å². The van der Waals surface area contributed by atoms with Crippen LogP contribution in [0.15, 0.2) is 12.2 Å². The second kappa shape index (κ2) is 6.17. The van der Waals surface area contributed by atoms with E-state index in [1.165, 1.54) is 0 Å². The fourth-order valence-corrected chi connectivity index (χ4v) is 1.23. The molecule has 0 radical (unpaired) electrons. The maximum Gasteiger partial charge on any atom is 0.438 e. The Morgan fingerprint density at radius 3 is 1.67 bits per heavy atom. The summed E-state index contributed by atoms with van der Waals surface area (Å²) >= 11 is 1.88. The van der Waals surface area contributed by atoms with E-state index in [2.05, 4.69) is 11.3 Å². The van der Waals surface area contributed by atoms with Gasteiger partial charge in [0.1, 0.15) is 0 Å². The van der Waals surface area contributed by atoms with Crippen molar-refractivity contribution in [3.63, 3.8) is 0 Å². The fourth-order valence-electron chi connectivity index (χ4n) is 1.09. The molecule has 0 rings (SSSR count). The van der Waals surface area contributed by atoms with Gasteiger partial charge in [0.2, 0.25) is 5.60 Å². The quantitative estimate of drug-likeness (QED) is 0.249. The number of ether oxygens (including phenoxy) is 1. The molecule has 2 unspecified atom stereocenters. The summed E-state index contributed by atoms with van der Waals surface area (Å²) in [6.45, 7) is 3.43. The Labute approximate surface area is 134 Å². The topological polar surface area (TPSA) is 63.6 Å². The van der Waals surface area contributed by atoms with Gasteiger partial charge in [0, 0.05) is 5.57 Å². The Kier molecular flexibility index (Phi) is 5.82. The van der Waals surface area contributed by atoms with E-state index in [1.54, 1.807) is 0 Å². The molecule has 0 aromatic carbocycles. The number of hydrogen-bond donors (Lipinski definition) is 2. The Hall–Kier alpha value is -1.37. The summed E-state index contributed by atoms with van der Waals surface area (Å²) in [5.41, 5.74) is -5.30. The Bertz CT molecular complexity index is 553. The van der Waals surface area contributed by atoms with Gasteiger partial charge in [0.15, 0.2) is 0 Å². The first kappa shape index (κ1) is 22.6. The Morgan fingerprint density at radius 2 is 1.38 bits per heavy atom. The highest BCUT2D eigenvalue weighted by Crippen LogP contribution is 2.57. The van der Waals surface area contributed by atoms with Gasteiger partial charge in [-0.05, 0) is 13.8 Å². The molecule has 140 valence electrons. The zero-order valence-electron chi connectivity index (χ0n) is 11.8. The number of alkyl halides is 8. The van der Waals surface area contributed by atoms with E-state index in [4.69, 9.17) is 0 Å². The van der Waals surface area contributed by atoms with Gasteiger partial charge in [-0.3, -0.25) is 0 Å². The lowest BCUT2D eigenvalue weighted by molar-refractivity contribution is -0.349. The van der Waals surface area contributed by atoms with Crippen LogP contribution < -0.4 is 0 Å². The van der Waals surface area contributed by atoms with E-state index in [0.717, 1.165) is 6.92 Å². The lowest BCUT2D eigenvalue weighted by Gasteiger charge is -2.40. The van der Waals surface area contributed by atoms with Crippen LogP contribution >= 0.6 is 12.6 Å². The van der Waals surface area contributed by atoms with Gasteiger partial charge in [0.05, 0.1) is 0 Å². The second-order valence-corrected chi connectivity index (χ2v) is 5.41. The van der Waals surface area contributed by atoms with Crippen molar-refractivity contribution in [1.29, 1.82) is 0 Å². The molecule has 0 heterocycles. The highest BCUT2D eigenvalue weighted by atomic mass is 32.1. The number of carbonyl (C=O) groups excluding carboxylic acids is 2. The minimum Gasteiger partial charge on any atom is -0.387 e. The van der Waals surface area contributed by atoms with Gasteiger partial charge < -0.3 is 9.84 Å². The number of hydrogen-bond acceptors (Lipinski definition) is 5. The average Bonchev–Trinajstić information content (AvgIpc) is 2.36. The molecule has 0 aliphatic heterocycles. The van der Waals surface area contributed by atoms with Gasteiger partial charge in [-0.2, -0.15) is 30.7 Å². The summed E-state index contributed by atoms with van der Waals surface area (Å²) in [6.07, 6.45) is -6.60. The molecule has 1 N–H and O–H groups in total. The zero-order chi connectivity index (χ0) is 19.9. The molecule has 4 nitrogen and oxygen atoms in total. The third kappa shape index (κ3) is 3.36. The normalized spacial score (nSPS) is 18.3. The highest BCUT2D eigenvalue weighted by molar-refractivity contribution is 7.81. The molecule has 0 aromatic rings. The third-order valence-corrected chi connectivity index (χ3v) is 3.26. The number of carbonyl (C=O) groups is 2. The molecule has 0 fully saturated rings. The summed E-state index contributed by atoms with van der Waals surface area (Å²) in [5.74, 6) is -17.6. The van der Waals surface area contributed by atoms with E-state index in [1.807, 2.05) is 12.6 Å². The van der Waals surface area contributed by atoms with Gasteiger partial charge in [-0.1, -0.05) is 6.58 Å². The van der Waals surface area contributed by atoms with Crippen LogP contribution in [0.1, 0.15) is 13.8 Å². The van der Waals surface area contributed by atoms with Crippen LogP contribution in [0.5, 0.6) is 0 Å². The summed E-state index contributed by atoms with van der Waals surface area (Å²) < 4.78 is 108. The smallest absolute Gasteiger partial charge is 0.387 e. The van der Waals surface area contributed by atoms with E-state index in [-0.39, 0.29) is 6.92 Å². The molecule has 0 amide bonds. The highest BCUT2D eigenvalue weighted by Gasteiger charge is 2.84. The molecule has 24 heavy (non-hydrogen) atoms. The van der Waals surface area contributed by atoms with Gasteiger partial charge in [-0.25, -0.2) is 14.0 Å². The van der Waals surface area contributed by atoms with Crippen molar-refractivity contribution in [2.45, 2.75) is 42.5 Å². The van der Waals surface area contributed by atoms with Crippen LogP contribution in [0.3, 0.4) is 0 Å². The molecule has 13 heteroatoms. The van der Waals surface area contributed by atoms with Gasteiger partial charge in [-0.15, -0.1) is 12.6 Å². The van der Waals surface area contributed by atoms with E-state index >= 15 is 0 Å². The number of esters is 2. The minimum absolute atomic E-state index is 0.380. The zero-order valence-corrected chi connectivity index (χ0v) is 12.7. The molecule has 0 aliphatic rings.